The van der Waals surface area contributed by atoms with E-state index in [0.29, 0.717) is 11.3 Å². The largest absolute Gasteiger partial charge is 0.398 e. The Morgan fingerprint density at radius 1 is 1.23 bits per heavy atom. The van der Waals surface area contributed by atoms with Crippen molar-refractivity contribution in [3.8, 4) is 0 Å². The highest BCUT2D eigenvalue weighted by atomic mass is 16.1. The molecule has 1 aromatic carbocycles. The summed E-state index contributed by atoms with van der Waals surface area (Å²) < 4.78 is 0. The predicted octanol–water partition coefficient (Wildman–Crippen LogP) is 4.79. The third kappa shape index (κ3) is 7.28. The van der Waals surface area contributed by atoms with Gasteiger partial charge in [-0.25, -0.2) is 0 Å². The number of allylic oxidation sites excluding steroid dienone is 3. The molecule has 0 saturated heterocycles. The molecule has 2 N–H and O–H groups in total. The molecule has 0 aromatic heterocycles. The highest BCUT2D eigenvalue weighted by molar-refractivity contribution is 6.02. The minimum Gasteiger partial charge on any atom is -0.398 e. The molecular formula is C26H38N4O. The average Bonchev–Trinajstić information content (AvgIpc) is 2.75. The Morgan fingerprint density at radius 3 is 2.29 bits per heavy atom. The number of nitrogens with zero attached hydrogens (tertiary/aromatic N) is 3. The monoisotopic (exact) mass is 422 g/mol. The van der Waals surface area contributed by atoms with E-state index in [-0.39, 0.29) is 6.04 Å². The van der Waals surface area contributed by atoms with E-state index in [1.807, 2.05) is 38.3 Å². The standard InChI is InChI=1S/C26H38N4O/c1-9-11-24(28-5)25(23(27)10-2)26(21-14-12-19(3)13-15-21)30(8)22(17-29(6)7)16-20(4)18-31/h10,12-18,26H,2,9,11,27H2,1,3-8H3/b20-16-,22-17+,25-23?,28-24?. The van der Waals surface area contributed by atoms with Crippen LogP contribution in [0.3, 0.4) is 0 Å². The van der Waals surface area contributed by atoms with Crippen LogP contribution in [0.1, 0.15) is 43.9 Å². The summed E-state index contributed by atoms with van der Waals surface area (Å²) in [7, 11) is 7.75. The number of hydrogen-bond acceptors (Lipinski definition) is 5. The van der Waals surface area contributed by atoms with Crippen molar-refractivity contribution in [2.45, 2.75) is 39.7 Å². The van der Waals surface area contributed by atoms with Gasteiger partial charge in [0.1, 0.15) is 6.29 Å². The van der Waals surface area contributed by atoms with Crippen LogP contribution < -0.4 is 5.73 Å². The third-order valence-corrected chi connectivity index (χ3v) is 5.01. The number of aldehydes is 1. The first-order valence-electron chi connectivity index (χ1n) is 10.6. The van der Waals surface area contributed by atoms with E-state index in [9.17, 15) is 4.79 Å². The van der Waals surface area contributed by atoms with Crippen molar-refractivity contribution < 1.29 is 4.79 Å². The fraction of sp³-hybridized carbons (Fsp3) is 0.385. The van der Waals surface area contributed by atoms with Gasteiger partial charge in [-0.3, -0.25) is 9.79 Å². The number of carbonyl (C=O) groups is 1. The summed E-state index contributed by atoms with van der Waals surface area (Å²) in [5.41, 5.74) is 12.8. The topological polar surface area (TPSA) is 61.9 Å². The third-order valence-electron chi connectivity index (χ3n) is 5.01. The molecule has 1 rings (SSSR count). The van der Waals surface area contributed by atoms with Gasteiger partial charge in [-0.15, -0.1) is 0 Å². The molecule has 0 bridgehead atoms. The van der Waals surface area contributed by atoms with E-state index in [0.717, 1.165) is 41.7 Å². The number of likely N-dealkylation sites (N-methyl/N-ethyl adjacent to an activating group) is 1. The Balaban J connectivity index is 3.86. The molecule has 5 heteroatoms. The van der Waals surface area contributed by atoms with Crippen molar-refractivity contribution in [1.82, 2.24) is 9.80 Å². The fourth-order valence-corrected chi connectivity index (χ4v) is 3.44. The maximum Gasteiger partial charge on any atom is 0.145 e. The molecule has 168 valence electrons. The fourth-order valence-electron chi connectivity index (χ4n) is 3.44. The molecule has 0 spiro atoms. The van der Waals surface area contributed by atoms with Crippen LogP contribution >= 0.6 is 0 Å². The summed E-state index contributed by atoms with van der Waals surface area (Å²) in [5.74, 6) is 0. The van der Waals surface area contributed by atoms with Crippen molar-refractivity contribution in [2.24, 2.45) is 10.7 Å². The van der Waals surface area contributed by atoms with E-state index in [2.05, 4.69) is 54.6 Å². The normalized spacial score (nSPS) is 14.6. The Hall–Kier alpha value is -3.08. The van der Waals surface area contributed by atoms with Crippen LogP contribution in [0.5, 0.6) is 0 Å². The van der Waals surface area contributed by atoms with Crippen LogP contribution in [0.25, 0.3) is 0 Å². The van der Waals surface area contributed by atoms with Gasteiger partial charge in [0.15, 0.2) is 0 Å². The van der Waals surface area contributed by atoms with Crippen LogP contribution in [0, 0.1) is 6.92 Å². The molecular weight excluding hydrogens is 384 g/mol. The Morgan fingerprint density at radius 2 is 1.84 bits per heavy atom. The lowest BCUT2D eigenvalue weighted by Crippen LogP contribution is -2.31. The number of rotatable bonds is 11. The summed E-state index contributed by atoms with van der Waals surface area (Å²) in [4.78, 5) is 20.1. The van der Waals surface area contributed by atoms with Crippen molar-refractivity contribution in [3.05, 3.63) is 82.9 Å². The van der Waals surface area contributed by atoms with Gasteiger partial charge < -0.3 is 15.5 Å². The molecule has 1 unspecified atom stereocenters. The first-order valence-corrected chi connectivity index (χ1v) is 10.6. The lowest BCUT2D eigenvalue weighted by atomic mass is 9.89. The molecule has 0 fully saturated rings. The Kier molecular flexibility index (Phi) is 10.5. The second-order valence-corrected chi connectivity index (χ2v) is 7.94. The smallest absolute Gasteiger partial charge is 0.145 e. The Labute approximate surface area is 188 Å². The maximum atomic E-state index is 11.4. The molecule has 1 atom stereocenters. The van der Waals surface area contributed by atoms with E-state index < -0.39 is 0 Å². The maximum absolute atomic E-state index is 11.4. The molecule has 5 nitrogen and oxygen atoms in total. The van der Waals surface area contributed by atoms with Crippen LogP contribution in [0.4, 0.5) is 0 Å². The Bertz CT molecular complexity index is 873. The highest BCUT2D eigenvalue weighted by Crippen LogP contribution is 2.34. The van der Waals surface area contributed by atoms with E-state index in [1.54, 1.807) is 20.0 Å². The number of hydrogen-bond donors (Lipinski definition) is 1. The van der Waals surface area contributed by atoms with Gasteiger partial charge in [-0.05, 0) is 43.6 Å². The minimum atomic E-state index is -0.203. The summed E-state index contributed by atoms with van der Waals surface area (Å²) in [6.07, 6.45) is 8.20. The minimum absolute atomic E-state index is 0.203. The molecule has 1 aromatic rings. The summed E-state index contributed by atoms with van der Waals surface area (Å²) in [5, 5.41) is 0. The van der Waals surface area contributed by atoms with Crippen LogP contribution in [0.15, 0.2) is 76.7 Å². The molecule has 0 radical (unpaired) electrons. The predicted molar refractivity (Wildman–Crippen MR) is 133 cm³/mol. The van der Waals surface area contributed by atoms with Crippen molar-refractivity contribution in [3.63, 3.8) is 0 Å². The van der Waals surface area contributed by atoms with Gasteiger partial charge in [0, 0.05) is 51.4 Å². The van der Waals surface area contributed by atoms with Crippen LogP contribution in [-0.4, -0.2) is 50.0 Å². The zero-order valence-electron chi connectivity index (χ0n) is 20.1. The summed E-state index contributed by atoms with van der Waals surface area (Å²) in [6.45, 7) is 9.93. The van der Waals surface area contributed by atoms with Gasteiger partial charge >= 0.3 is 0 Å². The number of nitrogens with two attached hydrogens (primary N) is 1. The first kappa shape index (κ1) is 26.0. The number of aliphatic imine (C=N–C) groups is 1. The molecule has 0 heterocycles. The van der Waals surface area contributed by atoms with Gasteiger partial charge in [-0.2, -0.15) is 0 Å². The van der Waals surface area contributed by atoms with Crippen molar-refractivity contribution in [1.29, 1.82) is 0 Å². The van der Waals surface area contributed by atoms with Crippen LogP contribution in [-0.2, 0) is 4.79 Å². The molecule has 0 aliphatic rings. The number of carbonyl (C=O) groups excluding carboxylic acids is 1. The van der Waals surface area contributed by atoms with Crippen molar-refractivity contribution in [2.75, 3.05) is 28.2 Å². The molecule has 31 heavy (non-hydrogen) atoms. The molecule has 0 aliphatic carbocycles. The van der Waals surface area contributed by atoms with E-state index >= 15 is 0 Å². The van der Waals surface area contributed by atoms with Crippen molar-refractivity contribution >= 4 is 12.0 Å². The van der Waals surface area contributed by atoms with Gasteiger partial charge in [0.05, 0.1) is 11.7 Å². The molecule has 0 saturated carbocycles. The molecule has 0 aliphatic heterocycles. The first-order chi connectivity index (χ1) is 14.7. The quantitative estimate of drug-likeness (QED) is 0.241. The zero-order chi connectivity index (χ0) is 23.6. The van der Waals surface area contributed by atoms with Gasteiger partial charge in [-0.1, -0.05) is 49.8 Å². The second kappa shape index (κ2) is 12.6. The number of benzene rings is 1. The summed E-state index contributed by atoms with van der Waals surface area (Å²) >= 11 is 0. The van der Waals surface area contributed by atoms with Gasteiger partial charge in [0.25, 0.3) is 0 Å². The highest BCUT2D eigenvalue weighted by Gasteiger charge is 2.27. The van der Waals surface area contributed by atoms with Crippen LogP contribution in [0.2, 0.25) is 0 Å². The lowest BCUT2D eigenvalue weighted by molar-refractivity contribution is -0.104. The van der Waals surface area contributed by atoms with Gasteiger partial charge in [0.2, 0.25) is 0 Å². The lowest BCUT2D eigenvalue weighted by Gasteiger charge is -2.35. The number of aryl methyl sites for hydroxylation is 1. The van der Waals surface area contributed by atoms with E-state index in [1.165, 1.54) is 5.56 Å². The van der Waals surface area contributed by atoms with E-state index in [4.69, 9.17) is 5.73 Å². The second-order valence-electron chi connectivity index (χ2n) is 7.94. The SMILES string of the molecule is C=CC(N)=C(C(CCC)=NC)C(c1ccc(C)cc1)N(C)C(/C=C(/C)C=O)=C/N(C)C. The average molecular weight is 423 g/mol. The molecule has 0 amide bonds. The summed E-state index contributed by atoms with van der Waals surface area (Å²) in [6, 6.07) is 8.24. The zero-order valence-corrected chi connectivity index (χ0v) is 20.1.